The molecule has 6 rings (SSSR count). The second-order valence-electron chi connectivity index (χ2n) is 12.6. The fourth-order valence-electron chi connectivity index (χ4n) is 6.09. The molecule has 1 saturated heterocycles. The number of carboxylic acid groups (broad SMARTS) is 1. The number of nitrogens with zero attached hydrogens (tertiary/aromatic N) is 5. The van der Waals surface area contributed by atoms with Crippen molar-refractivity contribution in [1.29, 1.82) is 0 Å². The van der Waals surface area contributed by atoms with E-state index in [2.05, 4.69) is 22.1 Å². The Balaban J connectivity index is 1.52. The molecule has 0 bridgehead atoms. The molecule has 0 radical (unpaired) electrons. The molecule has 4 heterocycles. The Morgan fingerprint density at radius 3 is 2.42 bits per heavy atom. The van der Waals surface area contributed by atoms with Crippen molar-refractivity contribution >= 4 is 34.1 Å². The second-order valence-corrected chi connectivity index (χ2v) is 12.6. The van der Waals surface area contributed by atoms with Crippen LogP contribution in [0.2, 0.25) is 0 Å². The van der Waals surface area contributed by atoms with Crippen molar-refractivity contribution in [3.8, 4) is 23.1 Å². The first-order chi connectivity index (χ1) is 20.5. The summed E-state index contributed by atoms with van der Waals surface area (Å²) in [7, 11) is 3.16. The van der Waals surface area contributed by atoms with Crippen LogP contribution in [0.1, 0.15) is 63.4 Å². The summed E-state index contributed by atoms with van der Waals surface area (Å²) >= 11 is 0. The smallest absolute Gasteiger partial charge is 0.410 e. The molecule has 2 aliphatic rings. The maximum Gasteiger partial charge on any atom is 0.410 e. The number of methoxy groups -OCH3 is 2. The monoisotopic (exact) mass is 589 g/mol. The summed E-state index contributed by atoms with van der Waals surface area (Å²) < 4.78 is 21.3. The zero-order chi connectivity index (χ0) is 30.6. The van der Waals surface area contributed by atoms with Gasteiger partial charge in [0, 0.05) is 43.0 Å². The maximum absolute atomic E-state index is 12.8. The molecule has 1 unspecified atom stereocenters. The van der Waals surface area contributed by atoms with Crippen molar-refractivity contribution in [2.45, 2.75) is 65.1 Å². The number of aromatic nitrogens is 4. The van der Waals surface area contributed by atoms with Gasteiger partial charge in [0.2, 0.25) is 5.88 Å². The lowest BCUT2D eigenvalue weighted by atomic mass is 9.89. The van der Waals surface area contributed by atoms with Crippen molar-refractivity contribution in [3.05, 3.63) is 35.9 Å². The molecule has 1 aliphatic heterocycles. The van der Waals surface area contributed by atoms with Crippen molar-refractivity contribution in [2.24, 2.45) is 11.8 Å². The lowest BCUT2D eigenvalue weighted by Gasteiger charge is -2.44. The minimum absolute atomic E-state index is 0.0434. The predicted octanol–water partition coefficient (Wildman–Crippen LogP) is 6.00. The van der Waals surface area contributed by atoms with Gasteiger partial charge in [0.05, 0.1) is 31.0 Å². The van der Waals surface area contributed by atoms with E-state index in [4.69, 9.17) is 24.2 Å². The molecule has 1 aliphatic carbocycles. The van der Waals surface area contributed by atoms with E-state index in [1.807, 2.05) is 32.9 Å². The van der Waals surface area contributed by atoms with Gasteiger partial charge in [0.15, 0.2) is 5.82 Å². The van der Waals surface area contributed by atoms with Crippen LogP contribution in [0.5, 0.6) is 11.6 Å². The highest BCUT2D eigenvalue weighted by Gasteiger charge is 2.40. The molecule has 43 heavy (non-hydrogen) atoms. The summed E-state index contributed by atoms with van der Waals surface area (Å²) in [5, 5.41) is 10.8. The van der Waals surface area contributed by atoms with Gasteiger partial charge >= 0.3 is 12.1 Å². The van der Waals surface area contributed by atoms with Gasteiger partial charge in [-0.05, 0) is 70.2 Å². The number of pyridine rings is 1. The van der Waals surface area contributed by atoms with E-state index >= 15 is 0 Å². The zero-order valence-electron chi connectivity index (χ0n) is 25.6. The number of hydrogen-bond donors (Lipinski definition) is 1. The fraction of sp³-hybridized carbons (Fsp3) is 0.500. The van der Waals surface area contributed by atoms with E-state index < -0.39 is 11.6 Å². The molecule has 1 aromatic carbocycles. The van der Waals surface area contributed by atoms with Crippen LogP contribution in [0.15, 0.2) is 30.3 Å². The van der Waals surface area contributed by atoms with Crippen LogP contribution in [0.4, 0.5) is 4.79 Å². The number of likely N-dealkylation sites (tertiary alicyclic amines) is 1. The van der Waals surface area contributed by atoms with E-state index in [1.165, 1.54) is 0 Å². The number of carboxylic acids is 1. The summed E-state index contributed by atoms with van der Waals surface area (Å²) in [6.07, 6.45) is 2.78. The minimum Gasteiger partial charge on any atom is -0.494 e. The normalized spacial score (nSPS) is 16.4. The Labute approximate surface area is 250 Å². The molecule has 0 spiro atoms. The Bertz CT molecular complexity index is 1710. The van der Waals surface area contributed by atoms with Gasteiger partial charge in [-0.2, -0.15) is 4.98 Å². The topological polar surface area (TPSA) is 121 Å². The molecular formula is C32H39N5O6. The van der Waals surface area contributed by atoms with Gasteiger partial charge in [-0.15, -0.1) is 0 Å². The molecular weight excluding hydrogens is 550 g/mol. The first-order valence-corrected chi connectivity index (χ1v) is 14.9. The molecule has 11 heteroatoms. The van der Waals surface area contributed by atoms with Gasteiger partial charge < -0.3 is 33.4 Å². The Hall–Kier alpha value is -4.28. The quantitative estimate of drug-likeness (QED) is 0.253. The van der Waals surface area contributed by atoms with Crippen molar-refractivity contribution in [1.82, 2.24) is 24.0 Å². The highest BCUT2D eigenvalue weighted by molar-refractivity contribution is 5.97. The molecule has 1 amide bonds. The van der Waals surface area contributed by atoms with Crippen LogP contribution >= 0.6 is 0 Å². The molecule has 228 valence electrons. The Morgan fingerprint density at radius 1 is 1.07 bits per heavy atom. The van der Waals surface area contributed by atoms with Gasteiger partial charge in [0.1, 0.15) is 22.5 Å². The summed E-state index contributed by atoms with van der Waals surface area (Å²) in [5.74, 6) is 1.35. The van der Waals surface area contributed by atoms with Crippen LogP contribution in [0, 0.1) is 11.8 Å². The van der Waals surface area contributed by atoms with E-state index in [0.29, 0.717) is 36.2 Å². The van der Waals surface area contributed by atoms with Gasteiger partial charge in [-0.25, -0.2) is 14.6 Å². The van der Waals surface area contributed by atoms with E-state index in [0.717, 1.165) is 53.9 Å². The fourth-order valence-corrected chi connectivity index (χ4v) is 6.09. The third-order valence-electron chi connectivity index (χ3n) is 8.37. The highest BCUT2D eigenvalue weighted by atomic mass is 16.6. The summed E-state index contributed by atoms with van der Waals surface area (Å²) in [6.45, 7) is 9.61. The lowest BCUT2D eigenvalue weighted by Crippen LogP contribution is -2.54. The Morgan fingerprint density at radius 2 is 1.81 bits per heavy atom. The SMILES string of the molecule is CCC(C1CN(C(=O)OC(C)(C)C)C1)n1c(-c2cc3ccc(OC)nc3n2CC2CC2)nc2cc(C(=O)O)cc(OC)c21. The summed E-state index contributed by atoms with van der Waals surface area (Å²) in [5.41, 5.74) is 2.55. The van der Waals surface area contributed by atoms with Crippen molar-refractivity contribution in [2.75, 3.05) is 27.3 Å². The number of hydrogen-bond acceptors (Lipinski definition) is 7. The minimum atomic E-state index is -1.05. The number of aromatic carboxylic acids is 1. The van der Waals surface area contributed by atoms with Crippen molar-refractivity contribution in [3.63, 3.8) is 0 Å². The van der Waals surface area contributed by atoms with E-state index in [1.54, 1.807) is 31.3 Å². The Kier molecular flexibility index (Phi) is 7.22. The van der Waals surface area contributed by atoms with Gasteiger partial charge in [-0.1, -0.05) is 6.92 Å². The van der Waals surface area contributed by atoms with Crippen molar-refractivity contribution < 1.29 is 28.9 Å². The molecule has 1 saturated carbocycles. The van der Waals surface area contributed by atoms with Gasteiger partial charge in [-0.3, -0.25) is 0 Å². The third kappa shape index (κ3) is 5.36. The molecule has 11 nitrogen and oxygen atoms in total. The molecule has 1 N–H and O–H groups in total. The molecule has 1 atom stereocenters. The lowest BCUT2D eigenvalue weighted by molar-refractivity contribution is -0.00953. The predicted molar refractivity (Wildman–Crippen MR) is 162 cm³/mol. The van der Waals surface area contributed by atoms with Crippen LogP contribution in [0.3, 0.4) is 0 Å². The van der Waals surface area contributed by atoms with E-state index in [-0.39, 0.29) is 23.6 Å². The summed E-state index contributed by atoms with van der Waals surface area (Å²) in [6, 6.07) is 9.08. The largest absolute Gasteiger partial charge is 0.494 e. The molecule has 2 fully saturated rings. The first-order valence-electron chi connectivity index (χ1n) is 14.9. The average Bonchev–Trinajstić information content (AvgIpc) is 3.58. The highest BCUT2D eigenvalue weighted by Crippen LogP contribution is 2.43. The van der Waals surface area contributed by atoms with Crippen LogP contribution < -0.4 is 9.47 Å². The second kappa shape index (κ2) is 10.8. The first kappa shape index (κ1) is 28.8. The van der Waals surface area contributed by atoms with E-state index in [9.17, 15) is 14.7 Å². The number of amides is 1. The summed E-state index contributed by atoms with van der Waals surface area (Å²) in [4.78, 5) is 36.4. The standard InChI is InChI=1S/C32H39N5O6/c1-7-23(21-16-35(17-21)31(40)43-32(2,3)4)37-27-22(12-20(30(38)39)14-25(27)41-5)33-29(37)24-13-19-10-11-26(42-6)34-28(19)36(24)15-18-8-9-18/h10-14,18,21,23H,7-9,15-17H2,1-6H3,(H,38,39). The number of carbonyl (C=O) groups excluding carboxylic acids is 1. The zero-order valence-corrected chi connectivity index (χ0v) is 25.6. The number of benzene rings is 1. The number of rotatable bonds is 9. The maximum atomic E-state index is 12.8. The average molecular weight is 590 g/mol. The number of imidazole rings is 1. The van der Waals surface area contributed by atoms with Crippen LogP contribution in [-0.4, -0.2) is 74.1 Å². The van der Waals surface area contributed by atoms with Crippen LogP contribution in [-0.2, 0) is 11.3 Å². The van der Waals surface area contributed by atoms with Crippen LogP contribution in [0.25, 0.3) is 33.6 Å². The number of carbonyl (C=O) groups is 2. The number of ether oxygens (including phenoxy) is 3. The third-order valence-corrected chi connectivity index (χ3v) is 8.37. The molecule has 3 aromatic heterocycles. The number of fused-ring (bicyclic) bond motifs is 2. The molecule has 4 aromatic rings. The van der Waals surface area contributed by atoms with Gasteiger partial charge in [0.25, 0.3) is 0 Å².